The van der Waals surface area contributed by atoms with Crippen molar-refractivity contribution in [2.45, 2.75) is 90.8 Å². The molecule has 0 radical (unpaired) electrons. The molecule has 1 N–H and O–H groups in total. The molecule has 1 amide bonds. The zero-order valence-corrected chi connectivity index (χ0v) is 15.7. The maximum atomic E-state index is 12.5. The fourth-order valence-corrected chi connectivity index (χ4v) is 4.17. The van der Waals surface area contributed by atoms with Crippen LogP contribution in [-0.4, -0.2) is 41.8 Å². The molecule has 0 aromatic carbocycles. The van der Waals surface area contributed by atoms with Gasteiger partial charge in [-0.25, -0.2) is 4.79 Å². The quantitative estimate of drug-likeness (QED) is 0.843. The van der Waals surface area contributed by atoms with E-state index in [-0.39, 0.29) is 12.1 Å². The highest BCUT2D eigenvalue weighted by Gasteiger charge is 2.34. The zero-order valence-electron chi connectivity index (χ0n) is 15.7. The van der Waals surface area contributed by atoms with Crippen LogP contribution < -0.4 is 5.32 Å². The molecule has 0 spiro atoms. The number of hydrogen-bond acceptors (Lipinski definition) is 3. The number of rotatable bonds is 4. The normalized spacial score (nSPS) is 32.1. The first-order valence-corrected chi connectivity index (χ1v) is 9.54. The van der Waals surface area contributed by atoms with Gasteiger partial charge in [-0.1, -0.05) is 20.3 Å². The third-order valence-corrected chi connectivity index (χ3v) is 5.62. The van der Waals surface area contributed by atoms with Gasteiger partial charge >= 0.3 is 6.09 Å². The van der Waals surface area contributed by atoms with Gasteiger partial charge in [0.2, 0.25) is 0 Å². The molecule has 1 aliphatic carbocycles. The van der Waals surface area contributed by atoms with Crippen LogP contribution in [0.1, 0.15) is 73.1 Å². The summed E-state index contributed by atoms with van der Waals surface area (Å²) in [6.07, 6.45) is 7.15. The van der Waals surface area contributed by atoms with E-state index in [0.29, 0.717) is 6.04 Å². The first kappa shape index (κ1) is 18.6. The summed E-state index contributed by atoms with van der Waals surface area (Å²) in [6.45, 7) is 12.2. The van der Waals surface area contributed by atoms with E-state index in [0.717, 1.165) is 37.8 Å². The fraction of sp³-hybridized carbons (Fsp3) is 0.947. The predicted molar refractivity (Wildman–Crippen MR) is 94.5 cm³/mol. The Kier molecular flexibility index (Phi) is 6.35. The second-order valence-corrected chi connectivity index (χ2v) is 8.44. The number of nitrogens with zero attached hydrogens (tertiary/aromatic N) is 1. The van der Waals surface area contributed by atoms with Gasteiger partial charge in [-0.15, -0.1) is 0 Å². The van der Waals surface area contributed by atoms with Crippen LogP contribution in [0.5, 0.6) is 0 Å². The number of likely N-dealkylation sites (tertiary alicyclic amines) is 1. The van der Waals surface area contributed by atoms with Gasteiger partial charge in [0.15, 0.2) is 0 Å². The van der Waals surface area contributed by atoms with Crippen molar-refractivity contribution in [2.24, 2.45) is 11.8 Å². The molecule has 4 nitrogen and oxygen atoms in total. The monoisotopic (exact) mass is 324 g/mol. The van der Waals surface area contributed by atoms with Crippen molar-refractivity contribution in [2.75, 3.05) is 13.1 Å². The summed E-state index contributed by atoms with van der Waals surface area (Å²) in [7, 11) is 0. The zero-order chi connectivity index (χ0) is 17.0. The van der Waals surface area contributed by atoms with Crippen LogP contribution in [0.2, 0.25) is 0 Å². The lowest BCUT2D eigenvalue weighted by Gasteiger charge is -2.37. The van der Waals surface area contributed by atoms with Gasteiger partial charge in [0, 0.05) is 25.2 Å². The number of piperidine rings is 1. The van der Waals surface area contributed by atoms with Crippen molar-refractivity contribution in [1.82, 2.24) is 10.2 Å². The summed E-state index contributed by atoms with van der Waals surface area (Å²) in [5, 5.41) is 3.76. The summed E-state index contributed by atoms with van der Waals surface area (Å²) in [4.78, 5) is 14.4. The number of amides is 1. The molecule has 0 aromatic heterocycles. The summed E-state index contributed by atoms with van der Waals surface area (Å²) in [6, 6.07) is 0.897. The van der Waals surface area contributed by atoms with Crippen molar-refractivity contribution >= 4 is 6.09 Å². The van der Waals surface area contributed by atoms with Gasteiger partial charge in [-0.3, -0.25) is 0 Å². The third kappa shape index (κ3) is 5.10. The van der Waals surface area contributed by atoms with E-state index in [1.807, 2.05) is 25.7 Å². The minimum absolute atomic E-state index is 0.144. The topological polar surface area (TPSA) is 41.6 Å². The largest absolute Gasteiger partial charge is 0.444 e. The van der Waals surface area contributed by atoms with Crippen LogP contribution in [0.15, 0.2) is 0 Å². The van der Waals surface area contributed by atoms with Crippen LogP contribution in [-0.2, 0) is 4.74 Å². The minimum atomic E-state index is -0.416. The van der Waals surface area contributed by atoms with E-state index in [2.05, 4.69) is 19.2 Å². The summed E-state index contributed by atoms with van der Waals surface area (Å²) in [5.74, 6) is 1.61. The lowest BCUT2D eigenvalue weighted by Crippen LogP contribution is -2.51. The number of carbonyl (C=O) groups excluding carboxylic acids is 1. The Morgan fingerprint density at radius 3 is 2.57 bits per heavy atom. The lowest BCUT2D eigenvalue weighted by atomic mass is 9.93. The molecule has 2 aliphatic rings. The second-order valence-electron chi connectivity index (χ2n) is 8.44. The maximum Gasteiger partial charge on any atom is 0.410 e. The van der Waals surface area contributed by atoms with Gasteiger partial charge in [-0.05, 0) is 64.7 Å². The van der Waals surface area contributed by atoms with Crippen molar-refractivity contribution in [3.8, 4) is 0 Å². The molecule has 4 unspecified atom stereocenters. The van der Waals surface area contributed by atoms with E-state index in [1.54, 1.807) is 0 Å². The minimum Gasteiger partial charge on any atom is -0.444 e. The molecule has 0 bridgehead atoms. The maximum absolute atomic E-state index is 12.5. The van der Waals surface area contributed by atoms with Crippen LogP contribution in [0.3, 0.4) is 0 Å². The first-order chi connectivity index (χ1) is 10.8. The molecule has 4 heteroatoms. The standard InChI is InChI=1S/C19H36N2O2/c1-6-15-10-11-17(14(15)2)20-13-16-9-7-8-12-21(16)18(22)23-19(3,4)5/h14-17,20H,6-13H2,1-5H3. The Bertz CT molecular complexity index is 391. The fourth-order valence-electron chi connectivity index (χ4n) is 4.17. The molecule has 1 saturated carbocycles. The Morgan fingerprint density at radius 2 is 1.96 bits per heavy atom. The molecule has 1 heterocycles. The molecular weight excluding hydrogens is 288 g/mol. The van der Waals surface area contributed by atoms with Gasteiger partial charge in [0.1, 0.15) is 5.60 Å². The highest BCUT2D eigenvalue weighted by Crippen LogP contribution is 2.34. The molecule has 0 aromatic rings. The lowest BCUT2D eigenvalue weighted by molar-refractivity contribution is 0.00951. The smallest absolute Gasteiger partial charge is 0.410 e. The molecule has 2 rings (SSSR count). The third-order valence-electron chi connectivity index (χ3n) is 5.62. The highest BCUT2D eigenvalue weighted by molar-refractivity contribution is 5.68. The molecule has 134 valence electrons. The van der Waals surface area contributed by atoms with Crippen molar-refractivity contribution in [3.63, 3.8) is 0 Å². The summed E-state index contributed by atoms with van der Waals surface area (Å²) >= 11 is 0. The predicted octanol–water partition coefficient (Wildman–Crippen LogP) is 4.19. The van der Waals surface area contributed by atoms with E-state index >= 15 is 0 Å². The average molecular weight is 325 g/mol. The number of carbonyl (C=O) groups is 1. The molecule has 1 saturated heterocycles. The average Bonchev–Trinajstić information content (AvgIpc) is 2.84. The Morgan fingerprint density at radius 1 is 1.22 bits per heavy atom. The number of hydrogen-bond donors (Lipinski definition) is 1. The van der Waals surface area contributed by atoms with Gasteiger partial charge in [-0.2, -0.15) is 0 Å². The molecular formula is C19H36N2O2. The van der Waals surface area contributed by atoms with Crippen molar-refractivity contribution < 1.29 is 9.53 Å². The summed E-state index contributed by atoms with van der Waals surface area (Å²) in [5.41, 5.74) is -0.416. The van der Waals surface area contributed by atoms with Gasteiger partial charge < -0.3 is 15.0 Å². The van der Waals surface area contributed by atoms with E-state index in [4.69, 9.17) is 4.74 Å². The first-order valence-electron chi connectivity index (χ1n) is 9.54. The van der Waals surface area contributed by atoms with Crippen molar-refractivity contribution in [3.05, 3.63) is 0 Å². The summed E-state index contributed by atoms with van der Waals surface area (Å²) < 4.78 is 5.59. The highest BCUT2D eigenvalue weighted by atomic mass is 16.6. The second kappa shape index (κ2) is 7.87. The molecule has 1 aliphatic heterocycles. The Labute approximate surface area is 142 Å². The number of ether oxygens (including phenoxy) is 1. The Balaban J connectivity index is 1.88. The van der Waals surface area contributed by atoms with Crippen LogP contribution >= 0.6 is 0 Å². The van der Waals surface area contributed by atoms with E-state index in [9.17, 15) is 4.79 Å². The SMILES string of the molecule is CCC1CCC(NCC2CCCCN2C(=O)OC(C)(C)C)C1C. The van der Waals surface area contributed by atoms with Crippen LogP contribution in [0.25, 0.3) is 0 Å². The van der Waals surface area contributed by atoms with E-state index in [1.165, 1.54) is 25.7 Å². The van der Waals surface area contributed by atoms with Crippen molar-refractivity contribution in [1.29, 1.82) is 0 Å². The molecule has 4 atom stereocenters. The molecule has 23 heavy (non-hydrogen) atoms. The van der Waals surface area contributed by atoms with Gasteiger partial charge in [0.25, 0.3) is 0 Å². The Hall–Kier alpha value is -0.770. The van der Waals surface area contributed by atoms with Crippen LogP contribution in [0.4, 0.5) is 4.79 Å². The van der Waals surface area contributed by atoms with Crippen LogP contribution in [0, 0.1) is 11.8 Å². The number of nitrogens with one attached hydrogen (secondary N) is 1. The van der Waals surface area contributed by atoms with E-state index < -0.39 is 5.60 Å². The molecule has 2 fully saturated rings. The van der Waals surface area contributed by atoms with Gasteiger partial charge in [0.05, 0.1) is 0 Å².